The number of amides is 1. The Bertz CT molecular complexity index is 1070. The number of hydrogen-bond donors (Lipinski definition) is 1. The number of likely N-dealkylation sites (tertiary alicyclic amines) is 1. The van der Waals surface area contributed by atoms with Crippen LogP contribution in [-0.2, 0) is 27.9 Å². The third-order valence-corrected chi connectivity index (χ3v) is 7.00. The first-order chi connectivity index (χ1) is 15.7. The topological polar surface area (TPSA) is 88.2 Å². The Kier molecular flexibility index (Phi) is 8.20. The van der Waals surface area contributed by atoms with Gasteiger partial charge >= 0.3 is 0 Å². The highest BCUT2D eigenvalue weighted by Crippen LogP contribution is 2.35. The maximum Gasteiger partial charge on any atom is 0.243 e. The molecule has 0 spiro atoms. The number of rotatable bonds is 10. The Hall–Kier alpha value is -2.78. The molecule has 0 unspecified atom stereocenters. The lowest BCUT2D eigenvalue weighted by molar-refractivity contribution is -0.122. The Balaban J connectivity index is 1.74. The summed E-state index contributed by atoms with van der Waals surface area (Å²) in [4.78, 5) is 15.4. The number of carbonyl (C=O) groups is 1. The van der Waals surface area contributed by atoms with Gasteiger partial charge in [0.2, 0.25) is 15.9 Å². The molecule has 2 aromatic carbocycles. The molecule has 1 atom stereocenters. The Labute approximate surface area is 196 Å². The zero-order chi connectivity index (χ0) is 24.0. The molecule has 1 saturated heterocycles. The molecular weight excluding hydrogens is 442 g/mol. The molecule has 9 heteroatoms. The van der Waals surface area contributed by atoms with E-state index >= 15 is 0 Å². The van der Waals surface area contributed by atoms with E-state index in [1.54, 1.807) is 25.1 Å². The third kappa shape index (κ3) is 6.39. The average molecular weight is 476 g/mol. The van der Waals surface area contributed by atoms with Crippen LogP contribution in [0, 0.1) is 0 Å². The minimum absolute atomic E-state index is 0.245. The summed E-state index contributed by atoms with van der Waals surface area (Å²) < 4.78 is 37.0. The van der Waals surface area contributed by atoms with Gasteiger partial charge in [0.25, 0.3) is 0 Å². The molecule has 1 aliphatic heterocycles. The number of benzene rings is 2. The number of nitrogens with one attached hydrogen (secondary N) is 1. The Morgan fingerprint density at radius 3 is 2.42 bits per heavy atom. The fraction of sp³-hybridized carbons (Fsp3) is 0.458. The van der Waals surface area contributed by atoms with Gasteiger partial charge in [0.05, 0.1) is 26.2 Å². The normalized spacial score (nSPS) is 15.2. The first-order valence-corrected chi connectivity index (χ1v) is 12.9. The summed E-state index contributed by atoms with van der Waals surface area (Å²) in [5, 5.41) is 2.88. The van der Waals surface area contributed by atoms with Gasteiger partial charge in [-0.1, -0.05) is 24.3 Å². The minimum Gasteiger partial charge on any atom is -0.497 e. The van der Waals surface area contributed by atoms with Gasteiger partial charge in [-0.2, -0.15) is 0 Å². The summed E-state index contributed by atoms with van der Waals surface area (Å²) in [5.41, 5.74) is 2.42. The summed E-state index contributed by atoms with van der Waals surface area (Å²) in [7, 11) is -0.851. The molecule has 0 saturated carbocycles. The van der Waals surface area contributed by atoms with E-state index in [2.05, 4.69) is 22.3 Å². The van der Waals surface area contributed by atoms with Gasteiger partial charge in [-0.25, -0.2) is 8.42 Å². The van der Waals surface area contributed by atoms with Crippen LogP contribution in [0.5, 0.6) is 11.5 Å². The quantitative estimate of drug-likeness (QED) is 0.569. The maximum absolute atomic E-state index is 13.0. The van der Waals surface area contributed by atoms with E-state index in [0.717, 1.165) is 35.8 Å². The number of methoxy groups -OCH3 is 2. The predicted molar refractivity (Wildman–Crippen MR) is 129 cm³/mol. The van der Waals surface area contributed by atoms with Crippen LogP contribution in [0.25, 0.3) is 0 Å². The number of sulfonamides is 1. The van der Waals surface area contributed by atoms with Crippen molar-refractivity contribution in [2.45, 2.75) is 38.9 Å². The van der Waals surface area contributed by atoms with Crippen molar-refractivity contribution in [3.05, 3.63) is 53.6 Å². The molecule has 8 nitrogen and oxygen atoms in total. The molecule has 0 radical (unpaired) electrons. The largest absolute Gasteiger partial charge is 0.497 e. The number of carbonyl (C=O) groups excluding carboxylic acids is 1. The molecule has 1 aliphatic rings. The molecule has 33 heavy (non-hydrogen) atoms. The van der Waals surface area contributed by atoms with Gasteiger partial charge in [0, 0.05) is 19.2 Å². The zero-order valence-corrected chi connectivity index (χ0v) is 20.5. The van der Waals surface area contributed by atoms with E-state index in [1.165, 1.54) is 32.6 Å². The fourth-order valence-electron chi connectivity index (χ4n) is 4.12. The average Bonchev–Trinajstić information content (AvgIpc) is 3.29. The summed E-state index contributed by atoms with van der Waals surface area (Å²) >= 11 is 0. The van der Waals surface area contributed by atoms with E-state index in [9.17, 15) is 13.2 Å². The molecule has 0 bridgehead atoms. The lowest BCUT2D eigenvalue weighted by Gasteiger charge is -2.29. The molecule has 2 aromatic rings. The van der Waals surface area contributed by atoms with Crippen LogP contribution >= 0.6 is 0 Å². The number of ether oxygens (including phenoxy) is 2. The first-order valence-electron chi connectivity index (χ1n) is 11.0. The SMILES string of the molecule is COc1ccc(OC)c(N([C@@H](C)C(=O)NCc2cccc(CN3CCCC3)c2)S(C)(=O)=O)c1. The van der Waals surface area contributed by atoms with Gasteiger partial charge in [-0.3, -0.25) is 14.0 Å². The van der Waals surface area contributed by atoms with Gasteiger partial charge in [-0.15, -0.1) is 0 Å². The van der Waals surface area contributed by atoms with Crippen molar-refractivity contribution in [2.24, 2.45) is 0 Å². The summed E-state index contributed by atoms with van der Waals surface area (Å²) in [6.45, 7) is 5.00. The van der Waals surface area contributed by atoms with Crippen molar-refractivity contribution >= 4 is 21.6 Å². The van der Waals surface area contributed by atoms with Crippen molar-refractivity contribution in [3.8, 4) is 11.5 Å². The van der Waals surface area contributed by atoms with E-state index in [4.69, 9.17) is 9.47 Å². The van der Waals surface area contributed by atoms with Gasteiger partial charge in [-0.05, 0) is 56.1 Å². The smallest absolute Gasteiger partial charge is 0.243 e. The number of anilines is 1. The van der Waals surface area contributed by atoms with E-state index in [1.807, 2.05) is 12.1 Å². The van der Waals surface area contributed by atoms with Crippen molar-refractivity contribution in [3.63, 3.8) is 0 Å². The first kappa shape index (κ1) is 24.9. The minimum atomic E-state index is -3.79. The third-order valence-electron chi connectivity index (χ3n) is 5.77. The van der Waals surface area contributed by atoms with Gasteiger partial charge in [0.1, 0.15) is 17.5 Å². The second-order valence-electron chi connectivity index (χ2n) is 8.29. The zero-order valence-electron chi connectivity index (χ0n) is 19.7. The van der Waals surface area contributed by atoms with Crippen LogP contribution in [0.2, 0.25) is 0 Å². The van der Waals surface area contributed by atoms with Crippen molar-refractivity contribution < 1.29 is 22.7 Å². The summed E-state index contributed by atoms with van der Waals surface area (Å²) in [6.07, 6.45) is 3.54. The van der Waals surface area contributed by atoms with Crippen LogP contribution in [0.4, 0.5) is 5.69 Å². The highest BCUT2D eigenvalue weighted by molar-refractivity contribution is 7.92. The van der Waals surface area contributed by atoms with Crippen LogP contribution in [-0.4, -0.2) is 58.8 Å². The van der Waals surface area contributed by atoms with Gasteiger partial charge < -0.3 is 14.8 Å². The lowest BCUT2D eigenvalue weighted by atomic mass is 10.1. The van der Waals surface area contributed by atoms with E-state index in [0.29, 0.717) is 18.0 Å². The number of nitrogens with zero attached hydrogens (tertiary/aromatic N) is 2. The molecule has 0 aliphatic carbocycles. The lowest BCUT2D eigenvalue weighted by Crippen LogP contribution is -2.47. The second kappa shape index (κ2) is 10.9. The maximum atomic E-state index is 13.0. The van der Waals surface area contributed by atoms with Crippen molar-refractivity contribution in [1.82, 2.24) is 10.2 Å². The Morgan fingerprint density at radius 1 is 1.09 bits per heavy atom. The molecular formula is C24H33N3O5S. The molecule has 1 fully saturated rings. The van der Waals surface area contributed by atoms with E-state index < -0.39 is 22.0 Å². The molecule has 1 amide bonds. The molecule has 1 N–H and O–H groups in total. The fourth-order valence-corrected chi connectivity index (χ4v) is 5.29. The second-order valence-corrected chi connectivity index (χ2v) is 10.2. The highest BCUT2D eigenvalue weighted by Gasteiger charge is 2.31. The van der Waals surface area contributed by atoms with Crippen LogP contribution in [0.15, 0.2) is 42.5 Å². The van der Waals surface area contributed by atoms with Crippen LogP contribution in [0.1, 0.15) is 30.9 Å². The monoisotopic (exact) mass is 475 g/mol. The van der Waals surface area contributed by atoms with Crippen molar-refractivity contribution in [1.29, 1.82) is 0 Å². The van der Waals surface area contributed by atoms with E-state index in [-0.39, 0.29) is 5.69 Å². The van der Waals surface area contributed by atoms with Crippen molar-refractivity contribution in [2.75, 3.05) is 37.9 Å². The predicted octanol–water partition coefficient (Wildman–Crippen LogP) is 2.77. The molecule has 1 heterocycles. The highest BCUT2D eigenvalue weighted by atomic mass is 32.2. The summed E-state index contributed by atoms with van der Waals surface area (Å²) in [5.74, 6) is 0.382. The summed E-state index contributed by atoms with van der Waals surface area (Å²) in [6, 6.07) is 12.0. The van der Waals surface area contributed by atoms with Crippen LogP contribution in [0.3, 0.4) is 0 Å². The van der Waals surface area contributed by atoms with Gasteiger partial charge in [0.15, 0.2) is 0 Å². The number of hydrogen-bond acceptors (Lipinski definition) is 6. The molecule has 0 aromatic heterocycles. The standard InChI is InChI=1S/C24H33N3O5S/c1-18(27(33(4,29)30)22-15-21(31-2)10-11-23(22)32-3)24(28)25-16-19-8-7-9-20(14-19)17-26-12-5-6-13-26/h7-11,14-15,18H,5-6,12-13,16-17H2,1-4H3,(H,25,28)/t18-/m0/s1. The molecule has 3 rings (SSSR count). The van der Waals surface area contributed by atoms with Crippen LogP contribution < -0.4 is 19.1 Å². The molecule has 180 valence electrons. The Morgan fingerprint density at radius 2 is 1.79 bits per heavy atom.